The van der Waals surface area contributed by atoms with Crippen LogP contribution in [-0.4, -0.2) is 45.1 Å². The number of nitrogens with zero attached hydrogens (tertiary/aromatic N) is 5. The molecule has 0 saturated heterocycles. The van der Waals surface area contributed by atoms with E-state index in [1.54, 1.807) is 37.4 Å². The molecule has 17 heteroatoms. The number of rotatable bonds is 10. The number of carbonyl (C=O) groups is 1. The summed E-state index contributed by atoms with van der Waals surface area (Å²) in [5.74, 6) is -9.19. The average molecular weight is 747 g/mol. The quantitative estimate of drug-likeness (QED) is 0.161. The highest BCUT2D eigenvalue weighted by atomic mass is 32.2. The molecular formula is C35H29F7N6O3S. The summed E-state index contributed by atoms with van der Waals surface area (Å²) in [5.41, 5.74) is -0.896. The van der Waals surface area contributed by atoms with Gasteiger partial charge in [-0.1, -0.05) is 30.8 Å². The molecule has 2 aliphatic carbocycles. The van der Waals surface area contributed by atoms with Gasteiger partial charge in [-0.25, -0.2) is 17.2 Å². The summed E-state index contributed by atoms with van der Waals surface area (Å²) in [6, 6.07) is 9.76. The lowest BCUT2D eigenvalue weighted by atomic mass is 9.93. The molecule has 3 atom stereocenters. The summed E-state index contributed by atoms with van der Waals surface area (Å²) in [4.78, 5) is 18.4. The van der Waals surface area contributed by atoms with Gasteiger partial charge in [0, 0.05) is 47.4 Å². The van der Waals surface area contributed by atoms with E-state index in [1.807, 2.05) is 0 Å². The highest BCUT2D eigenvalue weighted by Gasteiger charge is 2.68. The van der Waals surface area contributed by atoms with Crippen LogP contribution in [-0.2, 0) is 52.5 Å². The molecule has 272 valence electrons. The molecule has 1 N–H and O–H groups in total. The van der Waals surface area contributed by atoms with Crippen LogP contribution in [0.25, 0.3) is 28.1 Å². The molecule has 1 fully saturated rings. The van der Waals surface area contributed by atoms with E-state index < -0.39 is 80.9 Å². The first-order chi connectivity index (χ1) is 24.4. The van der Waals surface area contributed by atoms with E-state index in [0.717, 1.165) is 18.4 Å². The number of alkyl halides is 5. The topological polar surface area (TPSA) is 112 Å². The number of halogens is 7. The van der Waals surface area contributed by atoms with Crippen LogP contribution >= 0.6 is 0 Å². The smallest absolute Gasteiger partial charge is 0.346 e. The van der Waals surface area contributed by atoms with Crippen molar-refractivity contribution in [3.8, 4) is 11.1 Å². The van der Waals surface area contributed by atoms with Gasteiger partial charge in [-0.15, -0.1) is 0 Å². The summed E-state index contributed by atoms with van der Waals surface area (Å²) in [7, 11) is -1.88. The van der Waals surface area contributed by atoms with Gasteiger partial charge in [0.1, 0.15) is 23.9 Å². The van der Waals surface area contributed by atoms with Crippen LogP contribution in [0.4, 0.5) is 30.7 Å². The van der Waals surface area contributed by atoms with Crippen molar-refractivity contribution in [3.63, 3.8) is 0 Å². The number of benzene rings is 2. The van der Waals surface area contributed by atoms with Crippen molar-refractivity contribution in [2.45, 2.75) is 49.2 Å². The van der Waals surface area contributed by atoms with Crippen LogP contribution in [0.1, 0.15) is 58.0 Å². The molecule has 0 bridgehead atoms. The Labute approximate surface area is 292 Å². The van der Waals surface area contributed by atoms with E-state index in [-0.39, 0.29) is 35.5 Å². The summed E-state index contributed by atoms with van der Waals surface area (Å²) in [6.45, 7) is 2.72. The fourth-order valence-electron chi connectivity index (χ4n) is 7.23. The fraction of sp³-hybridized carbons (Fsp3) is 0.314. The van der Waals surface area contributed by atoms with Crippen LogP contribution in [0.5, 0.6) is 0 Å². The van der Waals surface area contributed by atoms with Crippen molar-refractivity contribution >= 4 is 32.7 Å². The van der Waals surface area contributed by atoms with Crippen molar-refractivity contribution in [3.05, 3.63) is 106 Å². The molecular weight excluding hydrogens is 717 g/mol. The van der Waals surface area contributed by atoms with E-state index in [9.17, 15) is 35.2 Å². The van der Waals surface area contributed by atoms with Gasteiger partial charge in [0.25, 0.3) is 5.92 Å². The fourth-order valence-corrected chi connectivity index (χ4v) is 7.94. The predicted octanol–water partition coefficient (Wildman–Crippen LogP) is 6.63. The van der Waals surface area contributed by atoms with E-state index in [1.165, 1.54) is 10.8 Å². The zero-order chi connectivity index (χ0) is 37.5. The molecule has 1 amide bonds. The Morgan fingerprint density at radius 1 is 1.10 bits per heavy atom. The lowest BCUT2D eigenvalue weighted by molar-refractivity contribution is -0.142. The van der Waals surface area contributed by atoms with Gasteiger partial charge in [-0.2, -0.15) is 32.1 Å². The van der Waals surface area contributed by atoms with Crippen LogP contribution in [0, 0.1) is 17.6 Å². The number of nitrogens with one attached hydrogen (secondary N) is 1. The predicted molar refractivity (Wildman–Crippen MR) is 176 cm³/mol. The average Bonchev–Trinajstić information content (AvgIpc) is 3.59. The first-order valence-electron chi connectivity index (χ1n) is 15.9. The molecule has 0 aliphatic heterocycles. The lowest BCUT2D eigenvalue weighted by Gasteiger charge is -2.23. The normalized spacial score (nSPS) is 18.2. The summed E-state index contributed by atoms with van der Waals surface area (Å²) in [5, 5.41) is 11.0. The zero-order valence-corrected chi connectivity index (χ0v) is 28.3. The molecule has 0 radical (unpaired) electrons. The van der Waals surface area contributed by atoms with Gasteiger partial charge in [0.05, 0.1) is 34.4 Å². The second-order valence-corrected chi connectivity index (χ2v) is 15.3. The van der Waals surface area contributed by atoms with Crippen molar-refractivity contribution < 1.29 is 43.9 Å². The second kappa shape index (κ2) is 12.3. The van der Waals surface area contributed by atoms with E-state index in [2.05, 4.69) is 27.1 Å². The maximum atomic E-state index is 15.3. The van der Waals surface area contributed by atoms with Gasteiger partial charge in [-0.3, -0.25) is 19.1 Å². The standard InChI is InChI=1S/C35H29F7N6O3S/c1-4-20-8-9-21(22-6-5-7-23-27(16-52(3,50)51)45-47(2)31(22)23)30(43-20)26(12-17-10-18(36)13-19(37)11-17)44-28(49)15-48-33-29(32(46-48)35(40,41)42)24-14-25(24)34(33,38)39/h4-11,13,24-26H,1,12,14-16H2,2-3H3,(H,44,49)/t24-,25+,26-/m0/s1. The van der Waals surface area contributed by atoms with E-state index >= 15 is 8.78 Å². The first kappa shape index (κ1) is 35.3. The molecule has 52 heavy (non-hydrogen) atoms. The molecule has 7 rings (SSSR count). The minimum Gasteiger partial charge on any atom is -0.346 e. The summed E-state index contributed by atoms with van der Waals surface area (Å²) in [6.07, 6.45) is -2.99. The van der Waals surface area contributed by atoms with Crippen LogP contribution < -0.4 is 5.32 Å². The van der Waals surface area contributed by atoms with Crippen LogP contribution in [0.15, 0.2) is 55.1 Å². The number of carbonyl (C=O) groups excluding carboxylic acids is 1. The Hall–Kier alpha value is -5.06. The number of aryl methyl sites for hydroxylation is 1. The van der Waals surface area contributed by atoms with Crippen molar-refractivity contribution in [1.29, 1.82) is 0 Å². The first-order valence-corrected chi connectivity index (χ1v) is 18.0. The molecule has 2 aliphatic rings. The number of para-hydroxylation sites is 1. The van der Waals surface area contributed by atoms with Gasteiger partial charge in [0.2, 0.25) is 5.91 Å². The molecule has 9 nitrogen and oxygen atoms in total. The third kappa shape index (κ3) is 6.34. The van der Waals surface area contributed by atoms with Crippen LogP contribution in [0.2, 0.25) is 0 Å². The van der Waals surface area contributed by atoms with Gasteiger partial charge < -0.3 is 5.32 Å². The minimum absolute atomic E-state index is 0.0692. The Morgan fingerprint density at radius 2 is 1.81 bits per heavy atom. The van der Waals surface area contributed by atoms with Crippen molar-refractivity contribution in [2.24, 2.45) is 13.0 Å². The summed E-state index contributed by atoms with van der Waals surface area (Å²) < 4.78 is 127. The Bertz CT molecular complexity index is 2380. The Balaban J connectivity index is 1.34. The highest BCUT2D eigenvalue weighted by Crippen LogP contribution is 2.68. The maximum Gasteiger partial charge on any atom is 0.435 e. The van der Waals surface area contributed by atoms with Crippen molar-refractivity contribution in [1.82, 2.24) is 29.9 Å². The number of fused-ring (bicyclic) bond motifs is 4. The van der Waals surface area contributed by atoms with E-state index in [0.29, 0.717) is 38.5 Å². The number of pyridine rings is 1. The Morgan fingerprint density at radius 3 is 2.46 bits per heavy atom. The Kier molecular flexibility index (Phi) is 8.34. The molecule has 3 heterocycles. The van der Waals surface area contributed by atoms with Gasteiger partial charge >= 0.3 is 6.18 Å². The minimum atomic E-state index is -5.04. The molecule has 2 aromatic carbocycles. The number of hydrogen-bond acceptors (Lipinski definition) is 6. The largest absolute Gasteiger partial charge is 0.435 e. The van der Waals surface area contributed by atoms with Gasteiger partial charge in [-0.05, 0) is 48.6 Å². The summed E-state index contributed by atoms with van der Waals surface area (Å²) >= 11 is 0. The molecule has 1 saturated carbocycles. The highest BCUT2D eigenvalue weighted by molar-refractivity contribution is 7.89. The third-order valence-electron chi connectivity index (χ3n) is 9.31. The molecule has 3 aromatic heterocycles. The zero-order valence-electron chi connectivity index (χ0n) is 27.5. The lowest BCUT2D eigenvalue weighted by Crippen LogP contribution is -2.35. The SMILES string of the molecule is C=Cc1ccc(-c2cccc3c(CS(C)(=O)=O)nn(C)c23)c([C@H](Cc2cc(F)cc(F)c2)NC(=O)Cn2nc(C(F)(F)F)c3c2C(F)(F)[C@@H]2C[C@H]32)n1. The number of sulfone groups is 1. The van der Waals surface area contributed by atoms with E-state index in [4.69, 9.17) is 0 Å². The molecule has 0 spiro atoms. The van der Waals surface area contributed by atoms with Gasteiger partial charge in [0.15, 0.2) is 15.5 Å². The molecule has 5 aromatic rings. The number of aromatic nitrogens is 5. The molecule has 0 unspecified atom stereocenters. The maximum absolute atomic E-state index is 15.3. The number of amides is 1. The van der Waals surface area contributed by atoms with Crippen molar-refractivity contribution in [2.75, 3.05) is 6.26 Å². The second-order valence-electron chi connectivity index (χ2n) is 13.2. The number of hydrogen-bond donors (Lipinski definition) is 1. The van der Waals surface area contributed by atoms with Crippen LogP contribution in [0.3, 0.4) is 0 Å². The monoisotopic (exact) mass is 746 g/mol. The third-order valence-corrected chi connectivity index (χ3v) is 10.1.